The molecule has 2 amide bonds. The quantitative estimate of drug-likeness (QED) is 0.552. The van der Waals surface area contributed by atoms with E-state index in [0.717, 1.165) is 24.8 Å². The summed E-state index contributed by atoms with van der Waals surface area (Å²) in [5.41, 5.74) is 4.68. The van der Waals surface area contributed by atoms with Crippen LogP contribution in [-0.2, 0) is 17.6 Å². The predicted octanol–water partition coefficient (Wildman–Crippen LogP) is 5.07. The third-order valence-electron chi connectivity index (χ3n) is 5.87. The topological polar surface area (TPSA) is 67.4 Å². The summed E-state index contributed by atoms with van der Waals surface area (Å²) in [6, 6.07) is 22.2. The van der Waals surface area contributed by atoms with Crippen LogP contribution in [0.25, 0.3) is 0 Å². The largest absolute Gasteiger partial charge is 0.495 e. The van der Waals surface area contributed by atoms with Gasteiger partial charge in [-0.25, -0.2) is 0 Å². The smallest absolute Gasteiger partial charge is 0.251 e. The van der Waals surface area contributed by atoms with E-state index in [9.17, 15) is 9.59 Å². The van der Waals surface area contributed by atoms with E-state index in [1.807, 2.05) is 60.7 Å². The number of rotatable bonds is 7. The van der Waals surface area contributed by atoms with Crippen molar-refractivity contribution >= 4 is 17.5 Å². The van der Waals surface area contributed by atoms with Crippen molar-refractivity contribution in [1.82, 2.24) is 5.32 Å². The fourth-order valence-electron chi connectivity index (χ4n) is 4.18. The van der Waals surface area contributed by atoms with Gasteiger partial charge in [-0.1, -0.05) is 48.5 Å². The monoisotopic (exact) mass is 428 g/mol. The van der Waals surface area contributed by atoms with Crippen molar-refractivity contribution in [3.8, 4) is 5.75 Å². The van der Waals surface area contributed by atoms with Gasteiger partial charge >= 0.3 is 0 Å². The zero-order chi connectivity index (χ0) is 22.3. The first-order valence-corrected chi connectivity index (χ1v) is 11.0. The number of methoxy groups -OCH3 is 1. The molecule has 0 radical (unpaired) electrons. The summed E-state index contributed by atoms with van der Waals surface area (Å²) in [4.78, 5) is 25.8. The summed E-state index contributed by atoms with van der Waals surface area (Å²) >= 11 is 0. The van der Waals surface area contributed by atoms with Gasteiger partial charge in [0.25, 0.3) is 5.91 Å². The zero-order valence-electron chi connectivity index (χ0n) is 18.3. The lowest BCUT2D eigenvalue weighted by atomic mass is 9.91. The molecule has 0 fully saturated rings. The Bertz CT molecular complexity index is 1080. The lowest BCUT2D eigenvalue weighted by molar-refractivity contribution is -0.116. The number of benzene rings is 3. The molecular formula is C27H28N2O3. The summed E-state index contributed by atoms with van der Waals surface area (Å²) in [7, 11) is 1.62. The minimum absolute atomic E-state index is 0.114. The molecule has 2 N–H and O–H groups in total. The molecule has 5 nitrogen and oxygen atoms in total. The highest BCUT2D eigenvalue weighted by Crippen LogP contribution is 2.33. The van der Waals surface area contributed by atoms with Crippen LogP contribution in [0, 0.1) is 0 Å². The number of aryl methyl sites for hydroxylation is 2. The molecular weight excluding hydrogens is 400 g/mol. The molecule has 3 aromatic rings. The number of amides is 2. The van der Waals surface area contributed by atoms with Crippen molar-refractivity contribution in [3.05, 3.63) is 95.1 Å². The predicted molar refractivity (Wildman–Crippen MR) is 126 cm³/mol. The van der Waals surface area contributed by atoms with E-state index in [1.54, 1.807) is 19.2 Å². The Balaban J connectivity index is 1.52. The first kappa shape index (κ1) is 21.6. The van der Waals surface area contributed by atoms with Crippen molar-refractivity contribution in [2.75, 3.05) is 12.4 Å². The Morgan fingerprint density at radius 3 is 2.19 bits per heavy atom. The van der Waals surface area contributed by atoms with Gasteiger partial charge in [0.1, 0.15) is 5.75 Å². The Kier molecular flexibility index (Phi) is 6.85. The second-order valence-electron chi connectivity index (χ2n) is 8.08. The van der Waals surface area contributed by atoms with Crippen LogP contribution >= 0.6 is 0 Å². The maximum absolute atomic E-state index is 13.0. The minimum atomic E-state index is -0.451. The average Bonchev–Trinajstić information content (AvgIpc) is 2.84. The van der Waals surface area contributed by atoms with Crippen molar-refractivity contribution in [2.24, 2.45) is 0 Å². The Labute approximate surface area is 188 Å². The number of carbonyl (C=O) groups excluding carboxylic acids is 2. The van der Waals surface area contributed by atoms with Crippen molar-refractivity contribution in [3.63, 3.8) is 0 Å². The van der Waals surface area contributed by atoms with E-state index in [4.69, 9.17) is 4.74 Å². The third-order valence-corrected chi connectivity index (χ3v) is 5.87. The summed E-state index contributed by atoms with van der Waals surface area (Å²) in [5, 5.41) is 6.02. The first-order chi connectivity index (χ1) is 15.6. The standard InChI is InChI=1S/C27H28N2O3/c1-32-25-17-22-15-9-8-14-21(22)16-24(25)28-26(30)18-23(19-10-4-2-5-11-19)29-27(31)20-12-6-3-7-13-20/h2-7,10-13,16-17,23H,8-9,14-15,18H2,1H3,(H,28,30)(H,29,31)/t23-/m0/s1. The average molecular weight is 429 g/mol. The molecule has 0 heterocycles. The van der Waals surface area contributed by atoms with Gasteiger partial charge in [-0.3, -0.25) is 9.59 Å². The number of hydrogen-bond donors (Lipinski definition) is 2. The van der Waals surface area contributed by atoms with Crippen LogP contribution in [0.1, 0.15) is 52.4 Å². The molecule has 0 saturated carbocycles. The van der Waals surface area contributed by atoms with Gasteiger partial charge in [-0.05, 0) is 66.6 Å². The van der Waals surface area contributed by atoms with Gasteiger partial charge in [0, 0.05) is 5.56 Å². The second-order valence-corrected chi connectivity index (χ2v) is 8.08. The fraction of sp³-hybridized carbons (Fsp3) is 0.259. The molecule has 0 aromatic heterocycles. The maximum atomic E-state index is 13.0. The number of carbonyl (C=O) groups is 2. The number of fused-ring (bicyclic) bond motifs is 1. The molecule has 4 rings (SSSR count). The van der Waals surface area contributed by atoms with E-state index in [1.165, 1.54) is 17.5 Å². The van der Waals surface area contributed by atoms with Crippen molar-refractivity contribution < 1.29 is 14.3 Å². The van der Waals surface area contributed by atoms with Gasteiger partial charge in [0.15, 0.2) is 0 Å². The van der Waals surface area contributed by atoms with Crippen LogP contribution < -0.4 is 15.4 Å². The molecule has 0 spiro atoms. The van der Waals surface area contributed by atoms with Gasteiger partial charge in [-0.2, -0.15) is 0 Å². The highest BCUT2D eigenvalue weighted by atomic mass is 16.5. The number of ether oxygens (including phenoxy) is 1. The van der Waals surface area contributed by atoms with Crippen LogP contribution in [0.5, 0.6) is 5.75 Å². The van der Waals surface area contributed by atoms with E-state index in [2.05, 4.69) is 10.6 Å². The van der Waals surface area contributed by atoms with Crippen LogP contribution in [0.2, 0.25) is 0 Å². The van der Waals surface area contributed by atoms with E-state index in [0.29, 0.717) is 17.0 Å². The molecule has 1 atom stereocenters. The van der Waals surface area contributed by atoms with Crippen LogP contribution in [-0.4, -0.2) is 18.9 Å². The summed E-state index contributed by atoms with van der Waals surface area (Å²) in [6.07, 6.45) is 4.52. The molecule has 3 aromatic carbocycles. The highest BCUT2D eigenvalue weighted by molar-refractivity contribution is 5.96. The van der Waals surface area contributed by atoms with Gasteiger partial charge < -0.3 is 15.4 Å². The molecule has 0 unspecified atom stereocenters. The van der Waals surface area contributed by atoms with Gasteiger partial charge in [-0.15, -0.1) is 0 Å². The fourth-order valence-corrected chi connectivity index (χ4v) is 4.18. The molecule has 0 saturated heterocycles. The van der Waals surface area contributed by atoms with Crippen LogP contribution in [0.3, 0.4) is 0 Å². The normalized spacial score (nSPS) is 13.5. The first-order valence-electron chi connectivity index (χ1n) is 11.0. The van der Waals surface area contributed by atoms with Gasteiger partial charge in [0.05, 0.1) is 25.3 Å². The lowest BCUT2D eigenvalue weighted by Gasteiger charge is -2.21. The summed E-state index contributed by atoms with van der Waals surface area (Å²) < 4.78 is 5.54. The molecule has 164 valence electrons. The Hall–Kier alpha value is -3.60. The second kappa shape index (κ2) is 10.1. The zero-order valence-corrected chi connectivity index (χ0v) is 18.3. The number of nitrogens with one attached hydrogen (secondary N) is 2. The Morgan fingerprint density at radius 1 is 0.906 bits per heavy atom. The highest BCUT2D eigenvalue weighted by Gasteiger charge is 2.21. The van der Waals surface area contributed by atoms with E-state index >= 15 is 0 Å². The van der Waals surface area contributed by atoms with Crippen LogP contribution in [0.15, 0.2) is 72.8 Å². The van der Waals surface area contributed by atoms with E-state index < -0.39 is 6.04 Å². The van der Waals surface area contributed by atoms with Gasteiger partial charge in [0.2, 0.25) is 5.91 Å². The molecule has 32 heavy (non-hydrogen) atoms. The van der Waals surface area contributed by atoms with Crippen molar-refractivity contribution in [2.45, 2.75) is 38.1 Å². The molecule has 1 aliphatic rings. The molecule has 5 heteroatoms. The molecule has 1 aliphatic carbocycles. The summed E-state index contributed by atoms with van der Waals surface area (Å²) in [5.74, 6) is 0.281. The van der Waals surface area contributed by atoms with Crippen LogP contribution in [0.4, 0.5) is 5.69 Å². The summed E-state index contributed by atoms with van der Waals surface area (Å²) in [6.45, 7) is 0. The van der Waals surface area contributed by atoms with E-state index in [-0.39, 0.29) is 18.2 Å². The SMILES string of the molecule is COc1cc2c(cc1NC(=O)C[C@H](NC(=O)c1ccccc1)c1ccccc1)CCCC2. The Morgan fingerprint density at radius 2 is 1.53 bits per heavy atom. The van der Waals surface area contributed by atoms with Crippen molar-refractivity contribution in [1.29, 1.82) is 0 Å². The molecule has 0 aliphatic heterocycles. The lowest BCUT2D eigenvalue weighted by Crippen LogP contribution is -2.31. The molecule has 0 bridgehead atoms. The number of anilines is 1. The minimum Gasteiger partial charge on any atom is -0.495 e. The third kappa shape index (κ3) is 5.17. The maximum Gasteiger partial charge on any atom is 0.251 e. The number of hydrogen-bond acceptors (Lipinski definition) is 3.